The Bertz CT molecular complexity index is 182. The van der Waals surface area contributed by atoms with E-state index in [1.165, 1.54) is 0 Å². The van der Waals surface area contributed by atoms with E-state index in [9.17, 15) is 0 Å². The van der Waals surface area contributed by atoms with Gasteiger partial charge in [-0.2, -0.15) is 5.26 Å². The third-order valence-electron chi connectivity index (χ3n) is 2.60. The minimum absolute atomic E-state index is 0.132. The van der Waals surface area contributed by atoms with Crippen LogP contribution in [0.2, 0.25) is 0 Å². The van der Waals surface area contributed by atoms with Crippen LogP contribution in [-0.4, -0.2) is 37.7 Å². The predicted octanol–water partition coefficient (Wildman–Crippen LogP) is 1.26. The number of nitrogens with zero attached hydrogens (tertiary/aromatic N) is 2. The molecule has 1 heterocycles. The van der Waals surface area contributed by atoms with Crippen LogP contribution in [0.3, 0.4) is 0 Å². The molecule has 1 fully saturated rings. The number of hydrogen-bond acceptors (Lipinski definition) is 3. The highest BCUT2D eigenvalue weighted by Gasteiger charge is 2.19. The summed E-state index contributed by atoms with van der Waals surface area (Å²) in [7, 11) is 2.10. The molecule has 0 spiro atoms. The van der Waals surface area contributed by atoms with Gasteiger partial charge >= 0.3 is 0 Å². The van der Waals surface area contributed by atoms with Gasteiger partial charge in [0.2, 0.25) is 0 Å². The second-order valence-electron chi connectivity index (χ2n) is 3.81. The van der Waals surface area contributed by atoms with Crippen molar-refractivity contribution in [3.05, 3.63) is 0 Å². The topological polar surface area (TPSA) is 36.3 Å². The van der Waals surface area contributed by atoms with E-state index in [0.717, 1.165) is 32.6 Å². The third kappa shape index (κ3) is 3.33. The van der Waals surface area contributed by atoms with Crippen LogP contribution in [0.4, 0.5) is 0 Å². The van der Waals surface area contributed by atoms with Crippen LogP contribution < -0.4 is 0 Å². The predicted molar refractivity (Wildman–Crippen MR) is 51.2 cm³/mol. The normalized spacial score (nSPS) is 21.4. The fraction of sp³-hybridized carbons (Fsp3) is 0.900. The highest BCUT2D eigenvalue weighted by atomic mass is 16.5. The fourth-order valence-electron chi connectivity index (χ4n) is 1.75. The van der Waals surface area contributed by atoms with Crippen molar-refractivity contribution in [2.45, 2.75) is 25.8 Å². The summed E-state index contributed by atoms with van der Waals surface area (Å²) in [6, 6.07) is 2.88. The Morgan fingerprint density at radius 1 is 1.54 bits per heavy atom. The van der Waals surface area contributed by atoms with Gasteiger partial charge in [-0.05, 0) is 26.8 Å². The second kappa shape index (κ2) is 5.21. The first kappa shape index (κ1) is 10.5. The van der Waals surface area contributed by atoms with Crippen molar-refractivity contribution in [3.8, 4) is 6.07 Å². The molecule has 0 radical (unpaired) electrons. The third-order valence-corrected chi connectivity index (χ3v) is 2.60. The standard InChI is InChI=1S/C10H18N2O/c1-9(7-11)8-12(2)10-3-5-13-6-4-10/h9-10H,3-6,8H2,1-2H3. The Kier molecular flexibility index (Phi) is 4.20. The molecule has 1 aliphatic heterocycles. The summed E-state index contributed by atoms with van der Waals surface area (Å²) in [6.07, 6.45) is 2.21. The van der Waals surface area contributed by atoms with Crippen LogP contribution in [0, 0.1) is 17.2 Å². The van der Waals surface area contributed by atoms with Crippen LogP contribution in [0.25, 0.3) is 0 Å². The number of nitriles is 1. The second-order valence-corrected chi connectivity index (χ2v) is 3.81. The van der Waals surface area contributed by atoms with E-state index in [0.29, 0.717) is 6.04 Å². The first-order valence-electron chi connectivity index (χ1n) is 4.91. The zero-order chi connectivity index (χ0) is 9.68. The minimum Gasteiger partial charge on any atom is -0.381 e. The summed E-state index contributed by atoms with van der Waals surface area (Å²) in [5, 5.41) is 8.68. The van der Waals surface area contributed by atoms with E-state index in [2.05, 4.69) is 18.0 Å². The average molecular weight is 182 g/mol. The Morgan fingerprint density at radius 2 is 2.15 bits per heavy atom. The van der Waals surface area contributed by atoms with E-state index in [4.69, 9.17) is 10.00 Å². The molecule has 1 aliphatic rings. The zero-order valence-electron chi connectivity index (χ0n) is 8.49. The van der Waals surface area contributed by atoms with Crippen LogP contribution in [0.1, 0.15) is 19.8 Å². The van der Waals surface area contributed by atoms with Crippen molar-refractivity contribution in [2.24, 2.45) is 5.92 Å². The lowest BCUT2D eigenvalue weighted by Crippen LogP contribution is -2.38. The summed E-state index contributed by atoms with van der Waals surface area (Å²) in [6.45, 7) is 4.59. The molecule has 3 nitrogen and oxygen atoms in total. The molecule has 0 N–H and O–H groups in total. The lowest BCUT2D eigenvalue weighted by atomic mass is 10.1. The van der Waals surface area contributed by atoms with Crippen LogP contribution in [0.5, 0.6) is 0 Å². The lowest BCUT2D eigenvalue weighted by Gasteiger charge is -2.31. The van der Waals surface area contributed by atoms with Gasteiger partial charge in [-0.25, -0.2) is 0 Å². The number of ether oxygens (including phenoxy) is 1. The molecule has 0 aliphatic carbocycles. The molecule has 13 heavy (non-hydrogen) atoms. The van der Waals surface area contributed by atoms with E-state index in [-0.39, 0.29) is 5.92 Å². The van der Waals surface area contributed by atoms with E-state index >= 15 is 0 Å². The van der Waals surface area contributed by atoms with Gasteiger partial charge in [0.1, 0.15) is 0 Å². The molecule has 1 unspecified atom stereocenters. The van der Waals surface area contributed by atoms with Crippen molar-refractivity contribution >= 4 is 0 Å². The largest absolute Gasteiger partial charge is 0.381 e. The van der Waals surface area contributed by atoms with E-state index < -0.39 is 0 Å². The molecular weight excluding hydrogens is 164 g/mol. The molecule has 0 amide bonds. The summed E-state index contributed by atoms with van der Waals surface area (Å²) in [4.78, 5) is 2.29. The van der Waals surface area contributed by atoms with Gasteiger partial charge in [-0.15, -0.1) is 0 Å². The molecule has 74 valence electrons. The molecule has 0 aromatic heterocycles. The summed E-state index contributed by atoms with van der Waals surface area (Å²) in [5.41, 5.74) is 0. The molecule has 1 rings (SSSR count). The van der Waals surface area contributed by atoms with Crippen molar-refractivity contribution in [1.29, 1.82) is 5.26 Å². The molecule has 0 bridgehead atoms. The monoisotopic (exact) mass is 182 g/mol. The van der Waals surface area contributed by atoms with Gasteiger partial charge in [-0.3, -0.25) is 0 Å². The van der Waals surface area contributed by atoms with Gasteiger partial charge < -0.3 is 9.64 Å². The number of hydrogen-bond donors (Lipinski definition) is 0. The van der Waals surface area contributed by atoms with Crippen LogP contribution in [0.15, 0.2) is 0 Å². The average Bonchev–Trinajstić information content (AvgIpc) is 2.19. The zero-order valence-corrected chi connectivity index (χ0v) is 8.49. The maximum absolute atomic E-state index is 8.68. The summed E-state index contributed by atoms with van der Waals surface area (Å²) in [5.74, 6) is 0.132. The Morgan fingerprint density at radius 3 is 2.69 bits per heavy atom. The molecule has 1 saturated heterocycles. The van der Waals surface area contributed by atoms with Crippen LogP contribution in [-0.2, 0) is 4.74 Å². The maximum Gasteiger partial charge on any atom is 0.0666 e. The quantitative estimate of drug-likeness (QED) is 0.659. The van der Waals surface area contributed by atoms with Gasteiger partial charge in [0.25, 0.3) is 0 Å². The molecule has 0 aromatic carbocycles. The van der Waals surface area contributed by atoms with Gasteiger partial charge in [0.15, 0.2) is 0 Å². The Labute approximate surface area is 80.3 Å². The maximum atomic E-state index is 8.68. The van der Waals surface area contributed by atoms with Crippen molar-refractivity contribution < 1.29 is 4.74 Å². The van der Waals surface area contributed by atoms with E-state index in [1.54, 1.807) is 0 Å². The lowest BCUT2D eigenvalue weighted by molar-refractivity contribution is 0.0409. The van der Waals surface area contributed by atoms with Crippen molar-refractivity contribution in [1.82, 2.24) is 4.90 Å². The Balaban J connectivity index is 2.29. The number of rotatable bonds is 3. The molecule has 0 saturated carbocycles. The SMILES string of the molecule is CC(C#N)CN(C)C1CCOCC1. The van der Waals surface area contributed by atoms with Crippen molar-refractivity contribution in [2.75, 3.05) is 26.8 Å². The molecule has 1 atom stereocenters. The highest BCUT2D eigenvalue weighted by molar-refractivity contribution is 4.83. The summed E-state index contributed by atoms with van der Waals surface area (Å²) >= 11 is 0. The Hall–Kier alpha value is -0.590. The first-order chi connectivity index (χ1) is 6.24. The van der Waals surface area contributed by atoms with E-state index in [1.807, 2.05) is 6.92 Å². The van der Waals surface area contributed by atoms with Crippen molar-refractivity contribution in [3.63, 3.8) is 0 Å². The molecular formula is C10H18N2O. The van der Waals surface area contributed by atoms with Gasteiger partial charge in [-0.1, -0.05) is 0 Å². The summed E-state index contributed by atoms with van der Waals surface area (Å²) < 4.78 is 5.29. The van der Waals surface area contributed by atoms with Crippen LogP contribution >= 0.6 is 0 Å². The highest BCUT2D eigenvalue weighted by Crippen LogP contribution is 2.13. The first-order valence-corrected chi connectivity index (χ1v) is 4.91. The minimum atomic E-state index is 0.132. The fourth-order valence-corrected chi connectivity index (χ4v) is 1.75. The van der Waals surface area contributed by atoms with Gasteiger partial charge in [0, 0.05) is 25.8 Å². The molecule has 3 heteroatoms. The molecule has 0 aromatic rings. The van der Waals surface area contributed by atoms with Gasteiger partial charge in [0.05, 0.1) is 12.0 Å². The smallest absolute Gasteiger partial charge is 0.0666 e.